The fraction of sp³-hybridized carbons (Fsp3) is 0.722. The fourth-order valence-electron chi connectivity index (χ4n) is 2.64. The molecule has 0 aliphatic heterocycles. The number of hydrogen-bond donors (Lipinski definition) is 1. The van der Waals surface area contributed by atoms with Crippen LogP contribution in [0.4, 0.5) is 0 Å². The highest BCUT2D eigenvalue weighted by atomic mass is 15.2. The highest BCUT2D eigenvalue weighted by molar-refractivity contribution is 5.14. The summed E-state index contributed by atoms with van der Waals surface area (Å²) >= 11 is 0. The van der Waals surface area contributed by atoms with Crippen LogP contribution in [0.5, 0.6) is 0 Å². The van der Waals surface area contributed by atoms with E-state index < -0.39 is 0 Å². The molecule has 0 atom stereocenters. The SMILES string of the molecule is CC(C)(C)NCc1ccc(CN(CC2CC2)C2CC2)nc1. The number of rotatable bonds is 7. The topological polar surface area (TPSA) is 28.2 Å². The van der Waals surface area contributed by atoms with E-state index in [1.54, 1.807) is 0 Å². The van der Waals surface area contributed by atoms with Crippen molar-refractivity contribution in [2.24, 2.45) is 5.92 Å². The molecule has 21 heavy (non-hydrogen) atoms. The van der Waals surface area contributed by atoms with Crippen LogP contribution in [0.2, 0.25) is 0 Å². The Labute approximate surface area is 129 Å². The monoisotopic (exact) mass is 287 g/mol. The summed E-state index contributed by atoms with van der Waals surface area (Å²) in [6.45, 7) is 9.81. The van der Waals surface area contributed by atoms with Gasteiger partial charge in [0.05, 0.1) is 5.69 Å². The van der Waals surface area contributed by atoms with Crippen LogP contribution in [0.15, 0.2) is 18.3 Å². The second kappa shape index (κ2) is 6.05. The molecule has 2 aliphatic carbocycles. The summed E-state index contributed by atoms with van der Waals surface area (Å²) in [4.78, 5) is 7.34. The van der Waals surface area contributed by atoms with Gasteiger partial charge in [0.1, 0.15) is 0 Å². The van der Waals surface area contributed by atoms with Crippen LogP contribution >= 0.6 is 0 Å². The van der Waals surface area contributed by atoms with Crippen molar-refractivity contribution in [2.75, 3.05) is 6.54 Å². The molecule has 1 N–H and O–H groups in total. The van der Waals surface area contributed by atoms with Gasteiger partial charge in [-0.1, -0.05) is 6.07 Å². The molecule has 0 spiro atoms. The molecule has 0 bridgehead atoms. The number of pyridine rings is 1. The molecule has 0 amide bonds. The number of aromatic nitrogens is 1. The highest BCUT2D eigenvalue weighted by Crippen LogP contribution is 2.35. The first-order valence-corrected chi connectivity index (χ1v) is 8.42. The molecule has 2 fully saturated rings. The first-order chi connectivity index (χ1) is 9.99. The maximum atomic E-state index is 4.68. The molecule has 1 heterocycles. The Bertz CT molecular complexity index is 452. The van der Waals surface area contributed by atoms with Gasteiger partial charge in [-0.25, -0.2) is 0 Å². The van der Waals surface area contributed by atoms with Gasteiger partial charge in [-0.2, -0.15) is 0 Å². The summed E-state index contributed by atoms with van der Waals surface area (Å²) in [7, 11) is 0. The lowest BCUT2D eigenvalue weighted by molar-refractivity contribution is 0.241. The van der Waals surface area contributed by atoms with Crippen molar-refractivity contribution in [3.8, 4) is 0 Å². The molecular weight excluding hydrogens is 258 g/mol. The minimum Gasteiger partial charge on any atom is -0.308 e. The summed E-state index contributed by atoms with van der Waals surface area (Å²) in [5, 5.41) is 3.51. The third-order valence-corrected chi connectivity index (χ3v) is 4.33. The number of nitrogens with zero attached hydrogens (tertiary/aromatic N) is 2. The quantitative estimate of drug-likeness (QED) is 0.833. The zero-order valence-electron chi connectivity index (χ0n) is 13.7. The molecule has 0 saturated heterocycles. The molecular formula is C18H29N3. The Morgan fingerprint density at radius 1 is 1.19 bits per heavy atom. The molecule has 1 aromatic rings. The van der Waals surface area contributed by atoms with Gasteiger partial charge in [0.15, 0.2) is 0 Å². The van der Waals surface area contributed by atoms with Crippen molar-refractivity contribution in [3.63, 3.8) is 0 Å². The van der Waals surface area contributed by atoms with Gasteiger partial charge < -0.3 is 5.32 Å². The van der Waals surface area contributed by atoms with E-state index in [2.05, 4.69) is 48.1 Å². The van der Waals surface area contributed by atoms with E-state index in [0.29, 0.717) is 0 Å². The van der Waals surface area contributed by atoms with Crippen molar-refractivity contribution in [1.29, 1.82) is 0 Å². The maximum absolute atomic E-state index is 4.68. The van der Waals surface area contributed by atoms with Gasteiger partial charge in [-0.3, -0.25) is 9.88 Å². The lowest BCUT2D eigenvalue weighted by Crippen LogP contribution is -2.35. The van der Waals surface area contributed by atoms with Crippen LogP contribution in [0.25, 0.3) is 0 Å². The Balaban J connectivity index is 1.53. The molecule has 2 saturated carbocycles. The van der Waals surface area contributed by atoms with E-state index in [4.69, 9.17) is 0 Å². The predicted molar refractivity (Wildman–Crippen MR) is 87.0 cm³/mol. The van der Waals surface area contributed by atoms with Crippen molar-refractivity contribution < 1.29 is 0 Å². The number of nitrogens with one attached hydrogen (secondary N) is 1. The summed E-state index contributed by atoms with van der Waals surface area (Å²) in [5.74, 6) is 0.973. The zero-order valence-corrected chi connectivity index (χ0v) is 13.7. The molecule has 3 heteroatoms. The summed E-state index contributed by atoms with van der Waals surface area (Å²) in [5.41, 5.74) is 2.65. The van der Waals surface area contributed by atoms with Gasteiger partial charge >= 0.3 is 0 Å². The molecule has 3 rings (SSSR count). The van der Waals surface area contributed by atoms with E-state index in [1.165, 1.54) is 43.5 Å². The average Bonchev–Trinajstić information content (AvgIpc) is 3.29. The van der Waals surface area contributed by atoms with E-state index in [-0.39, 0.29) is 5.54 Å². The van der Waals surface area contributed by atoms with Gasteiger partial charge in [0, 0.05) is 37.4 Å². The molecule has 2 aliphatic rings. The lowest BCUT2D eigenvalue weighted by atomic mass is 10.1. The van der Waals surface area contributed by atoms with Crippen molar-refractivity contribution in [2.45, 2.75) is 71.1 Å². The van der Waals surface area contributed by atoms with Gasteiger partial charge in [0.2, 0.25) is 0 Å². The van der Waals surface area contributed by atoms with E-state index >= 15 is 0 Å². The van der Waals surface area contributed by atoms with Gasteiger partial charge in [-0.15, -0.1) is 0 Å². The first kappa shape index (κ1) is 15.0. The van der Waals surface area contributed by atoms with Crippen LogP contribution in [0.3, 0.4) is 0 Å². The van der Waals surface area contributed by atoms with Crippen LogP contribution < -0.4 is 5.32 Å². The highest BCUT2D eigenvalue weighted by Gasteiger charge is 2.33. The summed E-state index contributed by atoms with van der Waals surface area (Å²) in [6.07, 6.45) is 7.69. The first-order valence-electron chi connectivity index (χ1n) is 8.42. The molecule has 0 radical (unpaired) electrons. The van der Waals surface area contributed by atoms with Crippen LogP contribution in [0.1, 0.15) is 57.7 Å². The van der Waals surface area contributed by atoms with Crippen LogP contribution in [0, 0.1) is 5.92 Å². The Morgan fingerprint density at radius 2 is 1.95 bits per heavy atom. The smallest absolute Gasteiger partial charge is 0.0544 e. The third-order valence-electron chi connectivity index (χ3n) is 4.33. The van der Waals surface area contributed by atoms with Crippen LogP contribution in [-0.4, -0.2) is 28.0 Å². The Morgan fingerprint density at radius 3 is 2.48 bits per heavy atom. The molecule has 3 nitrogen and oxygen atoms in total. The average molecular weight is 287 g/mol. The predicted octanol–water partition coefficient (Wildman–Crippen LogP) is 3.34. The molecule has 116 valence electrons. The molecule has 0 unspecified atom stereocenters. The van der Waals surface area contributed by atoms with Gasteiger partial charge in [-0.05, 0) is 64.0 Å². The maximum Gasteiger partial charge on any atom is 0.0544 e. The summed E-state index contributed by atoms with van der Waals surface area (Å²) < 4.78 is 0. The lowest BCUT2D eigenvalue weighted by Gasteiger charge is -2.22. The van der Waals surface area contributed by atoms with Gasteiger partial charge in [0.25, 0.3) is 0 Å². The second-order valence-electron chi connectivity index (χ2n) is 7.87. The second-order valence-corrected chi connectivity index (χ2v) is 7.87. The van der Waals surface area contributed by atoms with E-state index in [9.17, 15) is 0 Å². The normalized spacial score (nSPS) is 19.2. The zero-order chi connectivity index (χ0) is 14.9. The number of hydrogen-bond acceptors (Lipinski definition) is 3. The Kier molecular flexibility index (Phi) is 4.32. The van der Waals surface area contributed by atoms with E-state index in [0.717, 1.165) is 25.0 Å². The van der Waals surface area contributed by atoms with Crippen molar-refractivity contribution >= 4 is 0 Å². The fourth-order valence-corrected chi connectivity index (χ4v) is 2.64. The van der Waals surface area contributed by atoms with Crippen LogP contribution in [-0.2, 0) is 13.1 Å². The Hall–Kier alpha value is -0.930. The molecule has 1 aromatic heterocycles. The largest absolute Gasteiger partial charge is 0.308 e. The van der Waals surface area contributed by atoms with E-state index in [1.807, 2.05) is 6.20 Å². The minimum absolute atomic E-state index is 0.158. The summed E-state index contributed by atoms with van der Waals surface area (Å²) in [6, 6.07) is 5.28. The van der Waals surface area contributed by atoms with Crippen molar-refractivity contribution in [3.05, 3.63) is 29.6 Å². The molecule has 0 aromatic carbocycles. The standard InChI is InChI=1S/C18H29N3/c1-18(2,3)20-11-15-6-7-16(19-10-15)13-21(17-8-9-17)12-14-4-5-14/h6-7,10,14,17,20H,4-5,8-9,11-13H2,1-3H3. The minimum atomic E-state index is 0.158. The third kappa shape index (κ3) is 5.08. The van der Waals surface area contributed by atoms with Crippen molar-refractivity contribution in [1.82, 2.24) is 15.2 Å².